The van der Waals surface area contributed by atoms with Crippen molar-refractivity contribution in [1.82, 2.24) is 5.06 Å². The van der Waals surface area contributed by atoms with Crippen molar-refractivity contribution < 1.29 is 9.63 Å². The number of carbonyl (C=O) groups excluding carboxylic acids is 1. The van der Waals surface area contributed by atoms with Crippen LogP contribution in [0, 0.1) is 35.5 Å². The maximum absolute atomic E-state index is 11.5. The molecule has 0 saturated carbocycles. The van der Waals surface area contributed by atoms with Gasteiger partial charge in [0, 0.05) is 26.3 Å². The number of hydrogen-bond acceptors (Lipinski definition) is 2. The Labute approximate surface area is 142 Å². The van der Waals surface area contributed by atoms with Crippen LogP contribution >= 0.6 is 0 Å². The Morgan fingerprint density at radius 2 is 1.43 bits per heavy atom. The lowest BCUT2D eigenvalue weighted by Gasteiger charge is -2.12. The van der Waals surface area contributed by atoms with Gasteiger partial charge in [0.15, 0.2) is 0 Å². The smallest absolute Gasteiger partial charge is 0.245 e. The fraction of sp³-hybridized carbons (Fsp3) is 0.650. The number of amides is 1. The Morgan fingerprint density at radius 1 is 0.870 bits per heavy atom. The number of nitrogens with zero attached hydrogens (tertiary/aromatic N) is 1. The molecule has 23 heavy (non-hydrogen) atoms. The second-order valence-electron chi connectivity index (χ2n) is 5.11. The zero-order chi connectivity index (χ0) is 17.2. The van der Waals surface area contributed by atoms with E-state index in [4.69, 9.17) is 4.84 Å². The first-order valence-electron chi connectivity index (χ1n) is 8.40. The van der Waals surface area contributed by atoms with Crippen LogP contribution < -0.4 is 0 Å². The first-order valence-corrected chi connectivity index (χ1v) is 8.40. The van der Waals surface area contributed by atoms with E-state index in [0.29, 0.717) is 19.3 Å². The lowest BCUT2D eigenvalue weighted by Crippen LogP contribution is -2.24. The molecule has 1 amide bonds. The van der Waals surface area contributed by atoms with Gasteiger partial charge in [-0.05, 0) is 12.8 Å². The molecule has 0 spiro atoms. The molecule has 3 nitrogen and oxygen atoms in total. The van der Waals surface area contributed by atoms with Gasteiger partial charge in [0.1, 0.15) is 0 Å². The normalized spacial score (nSPS) is 8.83. The summed E-state index contributed by atoms with van der Waals surface area (Å²) in [5, 5.41) is 1.29. The highest BCUT2D eigenvalue weighted by Gasteiger charge is 2.06. The summed E-state index contributed by atoms with van der Waals surface area (Å²) >= 11 is 0. The van der Waals surface area contributed by atoms with Crippen LogP contribution in [0.15, 0.2) is 0 Å². The Kier molecular flexibility index (Phi) is 15.1. The average molecular weight is 315 g/mol. The van der Waals surface area contributed by atoms with Gasteiger partial charge in [0.05, 0.1) is 20.0 Å². The molecule has 0 aliphatic rings. The maximum atomic E-state index is 11.5. The van der Waals surface area contributed by atoms with Crippen LogP contribution in [-0.4, -0.2) is 25.1 Å². The molecule has 0 radical (unpaired) electrons. The molecule has 3 heteroatoms. The standard InChI is InChI=1S/C20H29NO2/c1-4-5-6-7-8-9-10-11-12-13-14-15-16-17-18-19-20(22)21(2)23-3/h4,7,10,13-19H2,1-3H3. The molecule has 0 aliphatic heterocycles. The number of hydroxylamine groups is 2. The van der Waals surface area contributed by atoms with Gasteiger partial charge < -0.3 is 0 Å². The predicted octanol–water partition coefficient (Wildman–Crippen LogP) is 3.94. The van der Waals surface area contributed by atoms with Crippen molar-refractivity contribution in [2.45, 2.75) is 71.1 Å². The van der Waals surface area contributed by atoms with Gasteiger partial charge in [-0.25, -0.2) is 5.06 Å². The fourth-order valence-electron chi connectivity index (χ4n) is 1.83. The van der Waals surface area contributed by atoms with Gasteiger partial charge in [-0.2, -0.15) is 0 Å². The van der Waals surface area contributed by atoms with Crippen molar-refractivity contribution in [3.8, 4) is 35.5 Å². The molecule has 0 aromatic rings. The predicted molar refractivity (Wildman–Crippen MR) is 95.0 cm³/mol. The topological polar surface area (TPSA) is 29.5 Å². The first-order chi connectivity index (χ1) is 11.2. The molecule has 0 fully saturated rings. The summed E-state index contributed by atoms with van der Waals surface area (Å²) in [4.78, 5) is 16.3. The number of hydrogen-bond donors (Lipinski definition) is 0. The number of unbranched alkanes of at least 4 members (excludes halogenated alkanes) is 5. The highest BCUT2D eigenvalue weighted by Crippen LogP contribution is 2.07. The second-order valence-corrected chi connectivity index (χ2v) is 5.11. The lowest BCUT2D eigenvalue weighted by atomic mass is 10.1. The number of carbonyl (C=O) groups is 1. The molecule has 0 rings (SSSR count). The molecule has 0 heterocycles. The van der Waals surface area contributed by atoms with Gasteiger partial charge >= 0.3 is 0 Å². The SMILES string of the molecule is CCC#CCC#CCC#CCCCCCCCC(=O)N(C)OC. The first kappa shape index (κ1) is 21.1. The van der Waals surface area contributed by atoms with E-state index in [1.807, 2.05) is 6.92 Å². The van der Waals surface area contributed by atoms with Crippen LogP contribution in [0.4, 0.5) is 0 Å². The Bertz CT molecular complexity index is 491. The van der Waals surface area contributed by atoms with E-state index in [2.05, 4.69) is 35.5 Å². The molecular formula is C20H29NO2. The summed E-state index contributed by atoms with van der Waals surface area (Å²) in [6.07, 6.45) is 9.13. The quantitative estimate of drug-likeness (QED) is 0.386. The minimum absolute atomic E-state index is 0.0418. The monoisotopic (exact) mass is 315 g/mol. The summed E-state index contributed by atoms with van der Waals surface area (Å²) in [6, 6.07) is 0. The van der Waals surface area contributed by atoms with E-state index in [0.717, 1.165) is 38.5 Å². The summed E-state index contributed by atoms with van der Waals surface area (Å²) in [5.74, 6) is 18.3. The van der Waals surface area contributed by atoms with Crippen LogP contribution in [-0.2, 0) is 9.63 Å². The average Bonchev–Trinajstić information content (AvgIpc) is 2.57. The maximum Gasteiger partial charge on any atom is 0.245 e. The molecule has 0 bridgehead atoms. The van der Waals surface area contributed by atoms with Crippen molar-refractivity contribution in [2.75, 3.05) is 14.2 Å². The van der Waals surface area contributed by atoms with E-state index in [1.165, 1.54) is 18.6 Å². The van der Waals surface area contributed by atoms with Crippen LogP contribution in [0.2, 0.25) is 0 Å². The van der Waals surface area contributed by atoms with Crippen molar-refractivity contribution >= 4 is 5.91 Å². The molecular weight excluding hydrogens is 286 g/mol. The third-order valence-corrected chi connectivity index (χ3v) is 3.22. The summed E-state index contributed by atoms with van der Waals surface area (Å²) in [7, 11) is 3.15. The van der Waals surface area contributed by atoms with Gasteiger partial charge in [-0.1, -0.05) is 49.9 Å². The van der Waals surface area contributed by atoms with E-state index in [-0.39, 0.29) is 5.91 Å². The van der Waals surface area contributed by atoms with Crippen molar-refractivity contribution in [2.24, 2.45) is 0 Å². The molecule has 0 aliphatic carbocycles. The molecule has 0 aromatic carbocycles. The zero-order valence-corrected chi connectivity index (χ0v) is 14.8. The zero-order valence-electron chi connectivity index (χ0n) is 14.8. The summed E-state index contributed by atoms with van der Waals surface area (Å²) in [6.45, 7) is 2.03. The second kappa shape index (κ2) is 16.5. The van der Waals surface area contributed by atoms with E-state index in [1.54, 1.807) is 7.05 Å². The van der Waals surface area contributed by atoms with Gasteiger partial charge in [-0.15, -0.1) is 11.8 Å². The Morgan fingerprint density at radius 3 is 2.09 bits per heavy atom. The van der Waals surface area contributed by atoms with E-state index < -0.39 is 0 Å². The molecule has 0 saturated heterocycles. The van der Waals surface area contributed by atoms with Crippen molar-refractivity contribution in [1.29, 1.82) is 0 Å². The lowest BCUT2D eigenvalue weighted by molar-refractivity contribution is -0.168. The van der Waals surface area contributed by atoms with E-state index >= 15 is 0 Å². The third-order valence-electron chi connectivity index (χ3n) is 3.22. The van der Waals surface area contributed by atoms with Gasteiger partial charge in [0.2, 0.25) is 5.91 Å². The highest BCUT2D eigenvalue weighted by molar-refractivity contribution is 5.74. The molecule has 0 aromatic heterocycles. The van der Waals surface area contributed by atoms with E-state index in [9.17, 15) is 4.79 Å². The van der Waals surface area contributed by atoms with Gasteiger partial charge in [-0.3, -0.25) is 9.63 Å². The fourth-order valence-corrected chi connectivity index (χ4v) is 1.83. The van der Waals surface area contributed by atoms with Crippen LogP contribution in [0.3, 0.4) is 0 Å². The van der Waals surface area contributed by atoms with Crippen LogP contribution in [0.1, 0.15) is 71.1 Å². The molecule has 126 valence electrons. The highest BCUT2D eigenvalue weighted by atomic mass is 16.7. The van der Waals surface area contributed by atoms with Crippen molar-refractivity contribution in [3.05, 3.63) is 0 Å². The summed E-state index contributed by atoms with van der Waals surface area (Å²) < 4.78 is 0. The Hall–Kier alpha value is -1.89. The largest absolute Gasteiger partial charge is 0.275 e. The molecule has 0 unspecified atom stereocenters. The van der Waals surface area contributed by atoms with Crippen LogP contribution in [0.25, 0.3) is 0 Å². The molecule has 0 atom stereocenters. The minimum atomic E-state index is 0.0418. The van der Waals surface area contributed by atoms with Gasteiger partial charge in [0.25, 0.3) is 0 Å². The number of rotatable bonds is 8. The third kappa shape index (κ3) is 14.8. The Balaban J connectivity index is 3.43. The minimum Gasteiger partial charge on any atom is -0.275 e. The van der Waals surface area contributed by atoms with Crippen LogP contribution in [0.5, 0.6) is 0 Å². The van der Waals surface area contributed by atoms with Crippen molar-refractivity contribution in [3.63, 3.8) is 0 Å². The molecule has 0 N–H and O–H groups in total. The summed E-state index contributed by atoms with van der Waals surface area (Å²) in [5.41, 5.74) is 0.